The summed E-state index contributed by atoms with van der Waals surface area (Å²) in [6, 6.07) is 7.12. The molecule has 2 aliphatic rings. The minimum Gasteiger partial charge on any atom is -0.484 e. The molecule has 2 heterocycles. The molecule has 0 spiro atoms. The van der Waals surface area contributed by atoms with Gasteiger partial charge in [0.15, 0.2) is 6.61 Å². The average Bonchev–Trinajstić information content (AvgIpc) is 2.92. The van der Waals surface area contributed by atoms with E-state index in [0.29, 0.717) is 38.6 Å². The van der Waals surface area contributed by atoms with Gasteiger partial charge in [-0.2, -0.15) is 0 Å². The van der Waals surface area contributed by atoms with Crippen molar-refractivity contribution in [2.75, 3.05) is 78.0 Å². The van der Waals surface area contributed by atoms with Crippen LogP contribution in [0.4, 0.5) is 5.69 Å². The van der Waals surface area contributed by atoms with E-state index in [0.717, 1.165) is 38.3 Å². The lowest BCUT2D eigenvalue weighted by Gasteiger charge is -2.26. The number of anilines is 1. The second-order valence-corrected chi connectivity index (χ2v) is 7.29. The SMILES string of the molecule is CN1CCCN(CC(=O)Nc2ccc(OCC(=O)N3CCOCC3)cc2)CC1. The van der Waals surface area contributed by atoms with Crippen molar-refractivity contribution in [1.29, 1.82) is 0 Å². The topological polar surface area (TPSA) is 74.4 Å². The van der Waals surface area contributed by atoms with E-state index >= 15 is 0 Å². The van der Waals surface area contributed by atoms with Gasteiger partial charge in [-0.15, -0.1) is 0 Å². The Labute approximate surface area is 166 Å². The average molecular weight is 390 g/mol. The molecule has 0 unspecified atom stereocenters. The van der Waals surface area contributed by atoms with Crippen molar-refractivity contribution in [3.63, 3.8) is 0 Å². The molecule has 154 valence electrons. The van der Waals surface area contributed by atoms with Crippen molar-refractivity contribution in [2.45, 2.75) is 6.42 Å². The van der Waals surface area contributed by atoms with Gasteiger partial charge in [0.05, 0.1) is 19.8 Å². The quantitative estimate of drug-likeness (QED) is 0.763. The second-order valence-electron chi connectivity index (χ2n) is 7.29. The number of rotatable bonds is 6. The number of carbonyl (C=O) groups is 2. The van der Waals surface area contributed by atoms with E-state index in [1.165, 1.54) is 0 Å². The summed E-state index contributed by atoms with van der Waals surface area (Å²) in [5, 5.41) is 2.93. The van der Waals surface area contributed by atoms with E-state index in [-0.39, 0.29) is 18.4 Å². The van der Waals surface area contributed by atoms with Crippen LogP contribution in [0.5, 0.6) is 5.75 Å². The molecule has 8 heteroatoms. The van der Waals surface area contributed by atoms with Gasteiger partial charge in [0.1, 0.15) is 5.75 Å². The van der Waals surface area contributed by atoms with E-state index in [2.05, 4.69) is 22.2 Å². The molecule has 0 radical (unpaired) electrons. The lowest BCUT2D eigenvalue weighted by atomic mass is 10.3. The van der Waals surface area contributed by atoms with Crippen molar-refractivity contribution >= 4 is 17.5 Å². The summed E-state index contributed by atoms with van der Waals surface area (Å²) in [7, 11) is 2.11. The lowest BCUT2D eigenvalue weighted by molar-refractivity contribution is -0.137. The molecule has 2 fully saturated rings. The number of hydrogen-bond donors (Lipinski definition) is 1. The third-order valence-corrected chi connectivity index (χ3v) is 5.04. The predicted molar refractivity (Wildman–Crippen MR) is 107 cm³/mol. The molecule has 1 aromatic carbocycles. The van der Waals surface area contributed by atoms with Gasteiger partial charge < -0.3 is 24.6 Å². The molecular formula is C20H30N4O4. The Kier molecular flexibility index (Phi) is 7.64. The van der Waals surface area contributed by atoms with Crippen LogP contribution in [0.1, 0.15) is 6.42 Å². The van der Waals surface area contributed by atoms with E-state index in [1.54, 1.807) is 29.2 Å². The van der Waals surface area contributed by atoms with Gasteiger partial charge in [-0.25, -0.2) is 0 Å². The summed E-state index contributed by atoms with van der Waals surface area (Å²) in [6.45, 7) is 6.71. The summed E-state index contributed by atoms with van der Waals surface area (Å²) in [5.41, 5.74) is 0.726. The van der Waals surface area contributed by atoms with Crippen LogP contribution in [0.25, 0.3) is 0 Å². The van der Waals surface area contributed by atoms with Gasteiger partial charge in [-0.05, 0) is 50.8 Å². The first kappa shape index (κ1) is 20.6. The van der Waals surface area contributed by atoms with Crippen LogP contribution in [0.15, 0.2) is 24.3 Å². The molecule has 0 aromatic heterocycles. The minimum absolute atomic E-state index is 0.00904. The van der Waals surface area contributed by atoms with Crippen LogP contribution in [-0.4, -0.2) is 99.2 Å². The van der Waals surface area contributed by atoms with E-state index < -0.39 is 0 Å². The smallest absolute Gasteiger partial charge is 0.260 e. The number of hydrogen-bond acceptors (Lipinski definition) is 6. The zero-order valence-corrected chi connectivity index (χ0v) is 16.6. The number of carbonyl (C=O) groups excluding carboxylic acids is 2. The number of benzene rings is 1. The van der Waals surface area contributed by atoms with Crippen molar-refractivity contribution in [2.24, 2.45) is 0 Å². The molecule has 0 bridgehead atoms. The van der Waals surface area contributed by atoms with Crippen LogP contribution in [0.3, 0.4) is 0 Å². The van der Waals surface area contributed by atoms with Crippen LogP contribution < -0.4 is 10.1 Å². The number of likely N-dealkylation sites (N-methyl/N-ethyl adjacent to an activating group) is 1. The zero-order chi connectivity index (χ0) is 19.8. The van der Waals surface area contributed by atoms with Gasteiger partial charge in [-0.1, -0.05) is 0 Å². The number of amides is 2. The predicted octanol–water partition coefficient (Wildman–Crippen LogP) is 0.500. The lowest BCUT2D eigenvalue weighted by Crippen LogP contribution is -2.42. The summed E-state index contributed by atoms with van der Waals surface area (Å²) >= 11 is 0. The van der Waals surface area contributed by atoms with Gasteiger partial charge in [0.25, 0.3) is 5.91 Å². The zero-order valence-electron chi connectivity index (χ0n) is 16.6. The van der Waals surface area contributed by atoms with Crippen molar-refractivity contribution in [1.82, 2.24) is 14.7 Å². The number of nitrogens with one attached hydrogen (secondary N) is 1. The van der Waals surface area contributed by atoms with Gasteiger partial charge in [0.2, 0.25) is 5.91 Å². The van der Waals surface area contributed by atoms with Gasteiger partial charge in [-0.3, -0.25) is 14.5 Å². The third-order valence-electron chi connectivity index (χ3n) is 5.04. The van der Waals surface area contributed by atoms with Crippen molar-refractivity contribution < 1.29 is 19.1 Å². The fraction of sp³-hybridized carbons (Fsp3) is 0.600. The molecular weight excluding hydrogens is 360 g/mol. The van der Waals surface area contributed by atoms with Crippen LogP contribution in [-0.2, 0) is 14.3 Å². The highest BCUT2D eigenvalue weighted by atomic mass is 16.5. The first-order valence-corrected chi connectivity index (χ1v) is 9.89. The fourth-order valence-corrected chi connectivity index (χ4v) is 3.35. The summed E-state index contributed by atoms with van der Waals surface area (Å²) < 4.78 is 10.8. The second kappa shape index (κ2) is 10.4. The highest BCUT2D eigenvalue weighted by Crippen LogP contribution is 2.16. The number of morpholine rings is 1. The minimum atomic E-state index is -0.0382. The van der Waals surface area contributed by atoms with Crippen molar-refractivity contribution in [3.05, 3.63) is 24.3 Å². The maximum Gasteiger partial charge on any atom is 0.260 e. The summed E-state index contributed by atoms with van der Waals surface area (Å²) in [6.07, 6.45) is 1.08. The molecule has 2 saturated heterocycles. The molecule has 3 rings (SSSR count). The summed E-state index contributed by atoms with van der Waals surface area (Å²) in [4.78, 5) is 30.6. The Morgan fingerprint density at radius 1 is 1.04 bits per heavy atom. The largest absolute Gasteiger partial charge is 0.484 e. The van der Waals surface area contributed by atoms with Crippen LogP contribution in [0.2, 0.25) is 0 Å². The van der Waals surface area contributed by atoms with E-state index in [9.17, 15) is 9.59 Å². The molecule has 8 nitrogen and oxygen atoms in total. The Morgan fingerprint density at radius 3 is 2.54 bits per heavy atom. The molecule has 1 aromatic rings. The van der Waals surface area contributed by atoms with Crippen LogP contribution in [0, 0.1) is 0 Å². The third kappa shape index (κ3) is 6.47. The molecule has 0 atom stereocenters. The Morgan fingerprint density at radius 2 is 1.79 bits per heavy atom. The Bertz CT molecular complexity index is 646. The molecule has 2 aliphatic heterocycles. The maximum atomic E-state index is 12.3. The van der Waals surface area contributed by atoms with E-state index in [4.69, 9.17) is 9.47 Å². The first-order valence-electron chi connectivity index (χ1n) is 9.89. The highest BCUT2D eigenvalue weighted by molar-refractivity contribution is 5.92. The van der Waals surface area contributed by atoms with Crippen molar-refractivity contribution in [3.8, 4) is 5.75 Å². The fourth-order valence-electron chi connectivity index (χ4n) is 3.35. The standard InChI is InChI=1S/C20H30N4O4/c1-22-7-2-8-23(10-9-22)15-19(25)21-17-3-5-18(6-4-17)28-16-20(26)24-11-13-27-14-12-24/h3-6H,2,7-16H2,1H3,(H,21,25). The summed E-state index contributed by atoms with van der Waals surface area (Å²) in [5.74, 6) is 0.555. The Hall–Kier alpha value is -2.16. The van der Waals surface area contributed by atoms with E-state index in [1.807, 2.05) is 0 Å². The molecule has 28 heavy (non-hydrogen) atoms. The number of nitrogens with zero attached hydrogens (tertiary/aromatic N) is 3. The first-order chi connectivity index (χ1) is 13.6. The van der Waals surface area contributed by atoms with Gasteiger partial charge in [0, 0.05) is 31.9 Å². The molecule has 0 aliphatic carbocycles. The molecule has 0 saturated carbocycles. The monoisotopic (exact) mass is 390 g/mol. The highest BCUT2D eigenvalue weighted by Gasteiger charge is 2.17. The molecule has 2 amide bonds. The van der Waals surface area contributed by atoms with Crippen LogP contribution >= 0.6 is 0 Å². The number of ether oxygens (including phenoxy) is 2. The molecule has 1 N–H and O–H groups in total. The normalized spacial score (nSPS) is 19.1. The Balaban J connectivity index is 1.41. The maximum absolute atomic E-state index is 12.3. The van der Waals surface area contributed by atoms with Gasteiger partial charge >= 0.3 is 0 Å².